The lowest BCUT2D eigenvalue weighted by Gasteiger charge is -2.05. The SMILES string of the molecule is c1ccc2c(-c3n[nH]c4ccc(-c5ncn[nH]5)cc34)cccc2c1. The average molecular weight is 311 g/mol. The van der Waals surface area contributed by atoms with Crippen LogP contribution in [0, 0.1) is 0 Å². The van der Waals surface area contributed by atoms with Crippen LogP contribution in [0.5, 0.6) is 0 Å². The number of aromatic amines is 2. The van der Waals surface area contributed by atoms with Crippen molar-refractivity contribution in [3.8, 4) is 22.6 Å². The van der Waals surface area contributed by atoms with Crippen molar-refractivity contribution in [2.45, 2.75) is 0 Å². The highest BCUT2D eigenvalue weighted by molar-refractivity contribution is 6.04. The summed E-state index contributed by atoms with van der Waals surface area (Å²) < 4.78 is 0. The van der Waals surface area contributed by atoms with E-state index in [1.165, 1.54) is 17.1 Å². The number of benzene rings is 3. The molecule has 114 valence electrons. The van der Waals surface area contributed by atoms with Crippen molar-refractivity contribution in [1.29, 1.82) is 0 Å². The van der Waals surface area contributed by atoms with Crippen molar-refractivity contribution in [3.05, 3.63) is 67.0 Å². The Hall–Kier alpha value is -3.47. The zero-order valence-electron chi connectivity index (χ0n) is 12.7. The molecule has 0 aliphatic rings. The van der Waals surface area contributed by atoms with Crippen molar-refractivity contribution in [1.82, 2.24) is 25.4 Å². The fourth-order valence-electron chi connectivity index (χ4n) is 3.14. The van der Waals surface area contributed by atoms with Crippen LogP contribution in [0.25, 0.3) is 44.3 Å². The van der Waals surface area contributed by atoms with Crippen LogP contribution in [0.2, 0.25) is 0 Å². The maximum absolute atomic E-state index is 4.57. The van der Waals surface area contributed by atoms with Crippen molar-refractivity contribution in [2.75, 3.05) is 0 Å². The second-order valence-electron chi connectivity index (χ2n) is 5.69. The lowest BCUT2D eigenvalue weighted by atomic mass is 9.99. The number of nitrogens with zero attached hydrogens (tertiary/aromatic N) is 3. The Balaban J connectivity index is 1.79. The molecular weight excluding hydrogens is 298 g/mol. The second kappa shape index (κ2) is 5.03. The molecule has 2 N–H and O–H groups in total. The van der Waals surface area contributed by atoms with Gasteiger partial charge in [-0.1, -0.05) is 42.5 Å². The van der Waals surface area contributed by atoms with Gasteiger partial charge in [-0.05, 0) is 29.0 Å². The number of hydrogen-bond donors (Lipinski definition) is 2. The van der Waals surface area contributed by atoms with E-state index in [9.17, 15) is 0 Å². The minimum Gasteiger partial charge on any atom is -0.277 e. The number of hydrogen-bond acceptors (Lipinski definition) is 3. The number of H-pyrrole nitrogens is 2. The zero-order valence-corrected chi connectivity index (χ0v) is 12.7. The summed E-state index contributed by atoms with van der Waals surface area (Å²) in [5.41, 5.74) is 4.06. The van der Waals surface area contributed by atoms with Gasteiger partial charge in [0.1, 0.15) is 12.0 Å². The molecule has 5 heteroatoms. The highest BCUT2D eigenvalue weighted by atomic mass is 15.2. The largest absolute Gasteiger partial charge is 0.277 e. The van der Waals surface area contributed by atoms with Gasteiger partial charge >= 0.3 is 0 Å². The Morgan fingerprint density at radius 2 is 1.71 bits per heavy atom. The van der Waals surface area contributed by atoms with Crippen LogP contribution in [-0.4, -0.2) is 25.4 Å². The zero-order chi connectivity index (χ0) is 15.9. The first-order chi connectivity index (χ1) is 11.9. The van der Waals surface area contributed by atoms with Crippen molar-refractivity contribution < 1.29 is 0 Å². The summed E-state index contributed by atoms with van der Waals surface area (Å²) in [5.74, 6) is 0.752. The molecule has 0 atom stereocenters. The maximum Gasteiger partial charge on any atom is 0.155 e. The summed E-state index contributed by atoms with van der Waals surface area (Å²) in [6.45, 7) is 0. The highest BCUT2D eigenvalue weighted by Gasteiger charge is 2.12. The Bertz CT molecular complexity index is 1150. The smallest absolute Gasteiger partial charge is 0.155 e. The standard InChI is InChI=1S/C19H13N5/c1-2-6-14-12(4-1)5-3-7-15(14)18-16-10-13(19-20-11-21-24-19)8-9-17(16)22-23-18/h1-11H,(H,22,23)(H,20,21,24). The minimum absolute atomic E-state index is 0.752. The lowest BCUT2D eigenvalue weighted by Crippen LogP contribution is -1.84. The van der Waals surface area contributed by atoms with E-state index in [-0.39, 0.29) is 0 Å². The molecule has 0 aliphatic carbocycles. The summed E-state index contributed by atoms with van der Waals surface area (Å²) in [7, 11) is 0. The first-order valence-electron chi connectivity index (χ1n) is 7.72. The molecule has 5 rings (SSSR count). The van der Waals surface area contributed by atoms with E-state index >= 15 is 0 Å². The fraction of sp³-hybridized carbons (Fsp3) is 0. The predicted molar refractivity (Wildman–Crippen MR) is 94.4 cm³/mol. The van der Waals surface area contributed by atoms with Gasteiger partial charge in [-0.25, -0.2) is 4.98 Å². The molecule has 0 saturated carbocycles. The Morgan fingerprint density at radius 1 is 0.792 bits per heavy atom. The van der Waals surface area contributed by atoms with E-state index in [1.54, 1.807) is 0 Å². The molecule has 0 radical (unpaired) electrons. The summed E-state index contributed by atoms with van der Waals surface area (Å²) in [6, 6.07) is 20.8. The van der Waals surface area contributed by atoms with Gasteiger partial charge in [0.2, 0.25) is 0 Å². The number of aromatic nitrogens is 5. The van der Waals surface area contributed by atoms with Gasteiger partial charge in [0.15, 0.2) is 5.82 Å². The monoisotopic (exact) mass is 311 g/mol. The van der Waals surface area contributed by atoms with E-state index in [1.807, 2.05) is 12.1 Å². The molecule has 24 heavy (non-hydrogen) atoms. The average Bonchev–Trinajstić information content (AvgIpc) is 3.30. The summed E-state index contributed by atoms with van der Waals surface area (Å²) in [4.78, 5) is 4.23. The van der Waals surface area contributed by atoms with E-state index < -0.39 is 0 Å². The molecule has 5 aromatic rings. The molecule has 0 bridgehead atoms. The van der Waals surface area contributed by atoms with Crippen LogP contribution in [-0.2, 0) is 0 Å². The molecule has 5 nitrogen and oxygen atoms in total. The topological polar surface area (TPSA) is 70.2 Å². The van der Waals surface area contributed by atoms with Crippen molar-refractivity contribution in [2.24, 2.45) is 0 Å². The van der Waals surface area contributed by atoms with E-state index in [0.717, 1.165) is 33.5 Å². The second-order valence-corrected chi connectivity index (χ2v) is 5.69. The third-order valence-electron chi connectivity index (χ3n) is 4.30. The molecule has 2 aromatic heterocycles. The first-order valence-corrected chi connectivity index (χ1v) is 7.72. The number of fused-ring (bicyclic) bond motifs is 2. The van der Waals surface area contributed by atoms with Crippen LogP contribution in [0.4, 0.5) is 0 Å². The quantitative estimate of drug-likeness (QED) is 0.514. The maximum atomic E-state index is 4.57. The number of nitrogens with one attached hydrogen (secondary N) is 2. The van der Waals surface area contributed by atoms with Crippen LogP contribution >= 0.6 is 0 Å². The van der Waals surface area contributed by atoms with Crippen molar-refractivity contribution in [3.63, 3.8) is 0 Å². The van der Waals surface area contributed by atoms with E-state index in [2.05, 4.69) is 73.9 Å². The van der Waals surface area contributed by atoms with Crippen LogP contribution in [0.1, 0.15) is 0 Å². The molecular formula is C19H13N5. The molecule has 0 fully saturated rings. The lowest BCUT2D eigenvalue weighted by molar-refractivity contribution is 1.10. The molecule has 0 amide bonds. The van der Waals surface area contributed by atoms with Gasteiger partial charge in [0.25, 0.3) is 0 Å². The third-order valence-corrected chi connectivity index (χ3v) is 4.30. The summed E-state index contributed by atoms with van der Waals surface area (Å²) >= 11 is 0. The van der Waals surface area contributed by atoms with Gasteiger partial charge in [0.05, 0.1) is 5.52 Å². The number of rotatable bonds is 2. The fourth-order valence-corrected chi connectivity index (χ4v) is 3.14. The van der Waals surface area contributed by atoms with Crippen LogP contribution in [0.3, 0.4) is 0 Å². The van der Waals surface area contributed by atoms with E-state index in [0.29, 0.717) is 0 Å². The predicted octanol–water partition coefficient (Wildman–Crippen LogP) is 4.17. The van der Waals surface area contributed by atoms with Gasteiger partial charge in [-0.3, -0.25) is 10.2 Å². The van der Waals surface area contributed by atoms with Crippen molar-refractivity contribution >= 4 is 21.7 Å². The van der Waals surface area contributed by atoms with E-state index in [4.69, 9.17) is 0 Å². The Morgan fingerprint density at radius 3 is 2.62 bits per heavy atom. The molecule has 0 unspecified atom stereocenters. The summed E-state index contributed by atoms with van der Waals surface area (Å²) in [5, 5.41) is 18.0. The third kappa shape index (κ3) is 1.91. The Kier molecular flexibility index (Phi) is 2.72. The molecule has 0 aliphatic heterocycles. The molecule has 0 saturated heterocycles. The summed E-state index contributed by atoms with van der Waals surface area (Å²) in [6.07, 6.45) is 1.51. The first kappa shape index (κ1) is 13.0. The normalized spacial score (nSPS) is 11.3. The molecule has 3 aromatic carbocycles. The molecule has 2 heterocycles. The Labute approximate surface area is 137 Å². The minimum atomic E-state index is 0.752. The highest BCUT2D eigenvalue weighted by Crippen LogP contribution is 2.33. The van der Waals surface area contributed by atoms with Gasteiger partial charge in [-0.15, -0.1) is 0 Å². The van der Waals surface area contributed by atoms with Crippen LogP contribution < -0.4 is 0 Å². The van der Waals surface area contributed by atoms with Gasteiger partial charge in [-0.2, -0.15) is 10.2 Å². The van der Waals surface area contributed by atoms with Gasteiger partial charge in [0, 0.05) is 16.5 Å². The molecule has 0 spiro atoms. The van der Waals surface area contributed by atoms with Crippen LogP contribution in [0.15, 0.2) is 67.0 Å². The van der Waals surface area contributed by atoms with Gasteiger partial charge < -0.3 is 0 Å².